The highest BCUT2D eigenvalue weighted by atomic mass is 32.1. The van der Waals surface area contributed by atoms with Crippen molar-refractivity contribution >= 4 is 38.9 Å². The first-order valence-corrected chi connectivity index (χ1v) is 10.3. The van der Waals surface area contributed by atoms with E-state index in [9.17, 15) is 15.2 Å². The van der Waals surface area contributed by atoms with Gasteiger partial charge in [0.25, 0.3) is 5.56 Å². The van der Waals surface area contributed by atoms with Crippen molar-refractivity contribution in [1.82, 2.24) is 9.97 Å². The normalized spacial score (nSPS) is 11.7. The molecule has 150 valence electrons. The molecule has 0 unspecified atom stereocenters. The molecule has 0 fully saturated rings. The van der Waals surface area contributed by atoms with Crippen molar-refractivity contribution in [3.05, 3.63) is 55.9 Å². The van der Waals surface area contributed by atoms with E-state index in [-0.39, 0.29) is 18.0 Å². The van der Waals surface area contributed by atoms with Gasteiger partial charge in [-0.3, -0.25) is 4.79 Å². The molecule has 0 atom stereocenters. The lowest BCUT2D eigenvalue weighted by Crippen LogP contribution is -2.26. The highest BCUT2D eigenvalue weighted by Gasteiger charge is 2.14. The number of fused-ring (bicyclic) bond motifs is 1. The van der Waals surface area contributed by atoms with Gasteiger partial charge in [-0.05, 0) is 62.6 Å². The Morgan fingerprint density at radius 1 is 1.38 bits per heavy atom. The van der Waals surface area contributed by atoms with Gasteiger partial charge in [0.1, 0.15) is 10.9 Å². The first-order chi connectivity index (χ1) is 13.9. The van der Waals surface area contributed by atoms with Gasteiger partial charge in [-0.1, -0.05) is 6.07 Å². The van der Waals surface area contributed by atoms with Gasteiger partial charge in [0.2, 0.25) is 0 Å². The number of aliphatic hydroxyl groups is 1. The minimum Gasteiger partial charge on any atom is -0.395 e. The van der Waals surface area contributed by atoms with E-state index in [0.29, 0.717) is 22.3 Å². The minimum atomic E-state index is -0.220. The molecule has 0 bridgehead atoms. The number of rotatable bonds is 6. The molecule has 2 N–H and O–H groups in total. The van der Waals surface area contributed by atoms with Crippen LogP contribution in [0.3, 0.4) is 0 Å². The van der Waals surface area contributed by atoms with Crippen LogP contribution in [0.15, 0.2) is 23.0 Å². The number of aromatic amines is 1. The molecule has 0 aliphatic rings. The lowest BCUT2D eigenvalue weighted by Gasteiger charge is -2.22. The van der Waals surface area contributed by atoms with E-state index in [2.05, 4.69) is 20.9 Å². The SMILES string of the molecule is CCN(CCO)c1ccc(/C=C(\C#N)c2nc3sc(C)c(C)c3c(=O)[nH]2)c(C)c1. The molecule has 0 aliphatic heterocycles. The number of aliphatic hydroxyl groups excluding tert-OH is 1. The van der Waals surface area contributed by atoms with E-state index in [1.165, 1.54) is 11.3 Å². The van der Waals surface area contributed by atoms with E-state index >= 15 is 0 Å². The van der Waals surface area contributed by atoms with Gasteiger partial charge in [0, 0.05) is 23.7 Å². The third-order valence-corrected chi connectivity index (χ3v) is 6.19. The molecule has 2 heterocycles. The fourth-order valence-electron chi connectivity index (χ4n) is 3.30. The third-order valence-electron chi connectivity index (χ3n) is 5.08. The minimum absolute atomic E-state index is 0.0936. The summed E-state index contributed by atoms with van der Waals surface area (Å²) in [6, 6.07) is 8.11. The lowest BCUT2D eigenvalue weighted by atomic mass is 10.0. The van der Waals surface area contributed by atoms with Crippen molar-refractivity contribution in [3.63, 3.8) is 0 Å². The predicted octanol–water partition coefficient (Wildman–Crippen LogP) is 3.79. The summed E-state index contributed by atoms with van der Waals surface area (Å²) in [6.07, 6.45) is 1.75. The van der Waals surface area contributed by atoms with E-state index in [4.69, 9.17) is 0 Å². The van der Waals surface area contributed by atoms with Gasteiger partial charge in [-0.25, -0.2) is 4.98 Å². The van der Waals surface area contributed by atoms with Crippen LogP contribution in [-0.4, -0.2) is 34.8 Å². The van der Waals surface area contributed by atoms with Crippen LogP contribution in [0.2, 0.25) is 0 Å². The standard InChI is InChI=1S/C22H24N4O2S/c1-5-26(8-9-27)18-7-6-16(13(2)10-18)11-17(12-23)20-24-21(28)19-14(3)15(4)29-22(19)25-20/h6-7,10-11,27H,5,8-9H2,1-4H3,(H,24,25,28)/b17-11+. The number of likely N-dealkylation sites (N-methyl/N-ethyl adjacent to an activating group) is 1. The second-order valence-corrected chi connectivity index (χ2v) is 8.10. The van der Waals surface area contributed by atoms with Gasteiger partial charge in [-0.2, -0.15) is 5.26 Å². The van der Waals surface area contributed by atoms with Gasteiger partial charge < -0.3 is 15.0 Å². The van der Waals surface area contributed by atoms with Crippen molar-refractivity contribution in [2.45, 2.75) is 27.7 Å². The summed E-state index contributed by atoms with van der Waals surface area (Å²) in [7, 11) is 0. The van der Waals surface area contributed by atoms with Crippen LogP contribution in [-0.2, 0) is 0 Å². The second kappa shape index (κ2) is 8.60. The molecule has 0 saturated carbocycles. The maximum Gasteiger partial charge on any atom is 0.260 e. The van der Waals surface area contributed by atoms with E-state index in [0.717, 1.165) is 33.8 Å². The molecule has 3 aromatic rings. The maximum absolute atomic E-state index is 12.5. The fourth-order valence-corrected chi connectivity index (χ4v) is 4.33. The predicted molar refractivity (Wildman–Crippen MR) is 119 cm³/mol. The molecule has 0 spiro atoms. The smallest absolute Gasteiger partial charge is 0.260 e. The molecular weight excluding hydrogens is 384 g/mol. The molecule has 29 heavy (non-hydrogen) atoms. The number of aryl methyl sites for hydroxylation is 3. The van der Waals surface area contributed by atoms with Crippen LogP contribution in [0, 0.1) is 32.1 Å². The largest absolute Gasteiger partial charge is 0.395 e. The molecule has 0 saturated heterocycles. The molecule has 2 aromatic heterocycles. The molecular formula is C22H24N4O2S. The average molecular weight is 409 g/mol. The zero-order valence-electron chi connectivity index (χ0n) is 17.0. The highest BCUT2D eigenvalue weighted by molar-refractivity contribution is 7.18. The lowest BCUT2D eigenvalue weighted by molar-refractivity contribution is 0.302. The number of nitrogens with one attached hydrogen (secondary N) is 1. The topological polar surface area (TPSA) is 93.0 Å². The number of thiophene rings is 1. The quantitative estimate of drug-likeness (QED) is 0.605. The number of aromatic nitrogens is 2. The molecule has 0 aliphatic carbocycles. The number of H-pyrrole nitrogens is 1. The summed E-state index contributed by atoms with van der Waals surface area (Å²) < 4.78 is 0. The monoisotopic (exact) mass is 408 g/mol. The Kier molecular flexibility index (Phi) is 6.16. The number of benzene rings is 1. The first kappa shape index (κ1) is 20.8. The number of anilines is 1. The van der Waals surface area contributed by atoms with Crippen LogP contribution in [0.25, 0.3) is 21.9 Å². The van der Waals surface area contributed by atoms with Crippen LogP contribution >= 0.6 is 11.3 Å². The van der Waals surface area contributed by atoms with E-state index in [1.54, 1.807) is 6.08 Å². The molecule has 0 amide bonds. The summed E-state index contributed by atoms with van der Waals surface area (Å²) >= 11 is 1.46. The van der Waals surface area contributed by atoms with Crippen molar-refractivity contribution in [2.75, 3.05) is 24.6 Å². The maximum atomic E-state index is 12.5. The first-order valence-electron chi connectivity index (χ1n) is 9.48. The zero-order chi connectivity index (χ0) is 21.1. The van der Waals surface area contributed by atoms with Crippen LogP contribution < -0.4 is 10.5 Å². The van der Waals surface area contributed by atoms with Crippen LogP contribution in [0.1, 0.15) is 34.3 Å². The number of hydrogen-bond acceptors (Lipinski definition) is 6. The summed E-state index contributed by atoms with van der Waals surface area (Å²) in [5, 5.41) is 19.5. The molecule has 6 nitrogen and oxygen atoms in total. The Balaban J connectivity index is 2.04. The summed E-state index contributed by atoms with van der Waals surface area (Å²) in [4.78, 5) is 23.6. The van der Waals surface area contributed by atoms with Crippen molar-refractivity contribution in [2.24, 2.45) is 0 Å². The number of nitrogens with zero attached hydrogens (tertiary/aromatic N) is 3. The van der Waals surface area contributed by atoms with Gasteiger partial charge in [-0.15, -0.1) is 11.3 Å². The van der Waals surface area contributed by atoms with Gasteiger partial charge in [0.05, 0.1) is 17.6 Å². The van der Waals surface area contributed by atoms with Gasteiger partial charge >= 0.3 is 0 Å². The fraction of sp³-hybridized carbons (Fsp3) is 0.318. The summed E-state index contributed by atoms with van der Waals surface area (Å²) in [5.41, 5.74) is 3.92. The summed E-state index contributed by atoms with van der Waals surface area (Å²) in [6.45, 7) is 9.34. The Labute approximate surface area is 173 Å². The Morgan fingerprint density at radius 3 is 2.76 bits per heavy atom. The highest BCUT2D eigenvalue weighted by Crippen LogP contribution is 2.27. The summed E-state index contributed by atoms with van der Waals surface area (Å²) in [5.74, 6) is 0.283. The number of nitriles is 1. The Bertz CT molecular complexity index is 1180. The van der Waals surface area contributed by atoms with Crippen LogP contribution in [0.5, 0.6) is 0 Å². The Hall–Kier alpha value is -2.95. The number of allylic oxidation sites excluding steroid dienone is 1. The van der Waals surface area contributed by atoms with Gasteiger partial charge in [0.15, 0.2) is 5.82 Å². The Morgan fingerprint density at radius 2 is 2.14 bits per heavy atom. The second-order valence-electron chi connectivity index (χ2n) is 6.89. The van der Waals surface area contributed by atoms with E-state index < -0.39 is 0 Å². The molecule has 0 radical (unpaired) electrons. The van der Waals surface area contributed by atoms with Crippen LogP contribution in [0.4, 0.5) is 5.69 Å². The molecule has 7 heteroatoms. The van der Waals surface area contributed by atoms with Crippen molar-refractivity contribution in [3.8, 4) is 6.07 Å². The van der Waals surface area contributed by atoms with Crippen molar-refractivity contribution in [1.29, 1.82) is 5.26 Å². The molecule has 1 aromatic carbocycles. The van der Waals surface area contributed by atoms with Crippen molar-refractivity contribution < 1.29 is 5.11 Å². The molecule has 3 rings (SSSR count). The zero-order valence-corrected chi connectivity index (χ0v) is 17.9. The average Bonchev–Trinajstić information content (AvgIpc) is 2.99. The third kappa shape index (κ3) is 4.09. The van der Waals surface area contributed by atoms with E-state index in [1.807, 2.05) is 45.9 Å². The number of hydrogen-bond donors (Lipinski definition) is 2.